The lowest BCUT2D eigenvalue weighted by Gasteiger charge is -2.31. The lowest BCUT2D eigenvalue weighted by molar-refractivity contribution is -0.141. The Balaban J connectivity index is 1.98. The number of fused-ring (bicyclic) bond motifs is 1. The molecule has 0 unspecified atom stereocenters. The smallest absolute Gasteiger partial charge is 0.272 e. The standard InChI is InChI=1S/C22H22ClF4N3OS2/c1-5-29-10-14(20(28-29)22(25,26)27)18-12(7-6-8-15(18)24)19-13-9-17(23)32-16(13)11-30(19)33(31)21(2,3)4/h6-10,19H,5,11H2,1-4H3/t19-,33+/m0/s1. The van der Waals surface area contributed by atoms with Gasteiger partial charge in [0.1, 0.15) is 16.8 Å². The molecule has 33 heavy (non-hydrogen) atoms. The second-order valence-corrected chi connectivity index (χ2v) is 12.7. The Hall–Kier alpha value is -1.75. The van der Waals surface area contributed by atoms with Gasteiger partial charge in [-0.25, -0.2) is 12.9 Å². The number of benzene rings is 1. The van der Waals surface area contributed by atoms with E-state index in [1.54, 1.807) is 23.4 Å². The molecule has 1 aliphatic rings. The maximum absolute atomic E-state index is 15.3. The molecule has 0 saturated heterocycles. The molecule has 3 heterocycles. The molecular formula is C22H22ClF4N3OS2. The maximum atomic E-state index is 15.3. The quantitative estimate of drug-likeness (QED) is 0.355. The zero-order valence-corrected chi connectivity index (χ0v) is 20.7. The SMILES string of the molecule is CCn1cc(-c2c(F)cccc2[C@H]2c3cc(Cl)sc3CN2[S@](=O)C(C)(C)C)c(C(F)(F)F)n1. The van der Waals surface area contributed by atoms with Gasteiger partial charge >= 0.3 is 6.18 Å². The van der Waals surface area contributed by atoms with Crippen LogP contribution in [-0.2, 0) is 30.3 Å². The van der Waals surface area contributed by atoms with E-state index in [2.05, 4.69) is 5.10 Å². The van der Waals surface area contributed by atoms with E-state index in [-0.39, 0.29) is 17.7 Å². The van der Waals surface area contributed by atoms with Crippen molar-refractivity contribution in [1.82, 2.24) is 14.1 Å². The van der Waals surface area contributed by atoms with Crippen LogP contribution in [0.3, 0.4) is 0 Å². The molecule has 4 nitrogen and oxygen atoms in total. The first-order chi connectivity index (χ1) is 15.3. The Morgan fingerprint density at radius 1 is 1.24 bits per heavy atom. The molecule has 1 aromatic carbocycles. The fraction of sp³-hybridized carbons (Fsp3) is 0.409. The summed E-state index contributed by atoms with van der Waals surface area (Å²) in [5, 5.41) is 3.66. The summed E-state index contributed by atoms with van der Waals surface area (Å²) in [6, 6.07) is 5.17. The molecule has 0 spiro atoms. The number of hydrogen-bond acceptors (Lipinski definition) is 3. The highest BCUT2D eigenvalue weighted by molar-refractivity contribution is 7.84. The molecule has 11 heteroatoms. The van der Waals surface area contributed by atoms with Crippen molar-refractivity contribution in [2.75, 3.05) is 0 Å². The van der Waals surface area contributed by atoms with Crippen LogP contribution in [-0.4, -0.2) is 23.0 Å². The van der Waals surface area contributed by atoms with Gasteiger partial charge in [0.05, 0.1) is 15.1 Å². The maximum Gasteiger partial charge on any atom is 0.435 e. The number of aryl methyl sites for hydroxylation is 1. The van der Waals surface area contributed by atoms with Gasteiger partial charge in [0.15, 0.2) is 5.69 Å². The summed E-state index contributed by atoms with van der Waals surface area (Å²) < 4.78 is 73.0. The monoisotopic (exact) mass is 519 g/mol. The van der Waals surface area contributed by atoms with Crippen molar-refractivity contribution in [2.24, 2.45) is 0 Å². The highest BCUT2D eigenvalue weighted by atomic mass is 35.5. The highest BCUT2D eigenvalue weighted by Crippen LogP contribution is 2.49. The molecule has 0 bridgehead atoms. The zero-order chi connectivity index (χ0) is 24.3. The fourth-order valence-corrected chi connectivity index (χ4v) is 6.77. The molecule has 1 aliphatic heterocycles. The van der Waals surface area contributed by atoms with Crippen LogP contribution in [0.1, 0.15) is 55.4 Å². The first kappa shape index (κ1) is 24.4. The third-order valence-corrected chi connectivity index (χ3v) is 8.47. The number of halogens is 5. The number of nitrogens with zero attached hydrogens (tertiary/aromatic N) is 3. The molecule has 0 amide bonds. The Kier molecular flexibility index (Phi) is 6.26. The molecule has 3 aromatic rings. The predicted molar refractivity (Wildman–Crippen MR) is 123 cm³/mol. The van der Waals surface area contributed by atoms with Gasteiger partial charge in [-0.15, -0.1) is 11.3 Å². The van der Waals surface area contributed by atoms with E-state index in [0.29, 0.717) is 16.4 Å². The summed E-state index contributed by atoms with van der Waals surface area (Å²) in [5.41, 5.74) is -0.664. The Labute approximate surface area is 200 Å². The molecule has 4 rings (SSSR count). The molecule has 0 N–H and O–H groups in total. The highest BCUT2D eigenvalue weighted by Gasteiger charge is 2.43. The lowest BCUT2D eigenvalue weighted by Crippen LogP contribution is -2.37. The Bertz CT molecular complexity index is 1230. The van der Waals surface area contributed by atoms with Crippen LogP contribution in [0.15, 0.2) is 30.5 Å². The van der Waals surface area contributed by atoms with E-state index in [9.17, 15) is 17.4 Å². The number of rotatable bonds is 4. The molecule has 0 aliphatic carbocycles. The molecule has 0 saturated carbocycles. The third-order valence-electron chi connectivity index (χ3n) is 5.39. The van der Waals surface area contributed by atoms with E-state index < -0.39 is 39.5 Å². The van der Waals surface area contributed by atoms with Crippen LogP contribution in [0.4, 0.5) is 17.6 Å². The van der Waals surface area contributed by atoms with E-state index >= 15 is 4.39 Å². The largest absolute Gasteiger partial charge is 0.435 e. The zero-order valence-electron chi connectivity index (χ0n) is 18.3. The van der Waals surface area contributed by atoms with Gasteiger partial charge in [0.25, 0.3) is 0 Å². The van der Waals surface area contributed by atoms with Crippen LogP contribution in [0, 0.1) is 5.82 Å². The Morgan fingerprint density at radius 3 is 2.55 bits per heavy atom. The summed E-state index contributed by atoms with van der Waals surface area (Å²) in [5.74, 6) is -0.801. The third kappa shape index (κ3) is 4.38. The van der Waals surface area contributed by atoms with Crippen molar-refractivity contribution in [2.45, 2.75) is 57.7 Å². The van der Waals surface area contributed by atoms with Crippen molar-refractivity contribution in [3.05, 3.63) is 62.3 Å². The normalized spacial score (nSPS) is 18.0. The average Bonchev–Trinajstić information content (AvgIpc) is 3.37. The topological polar surface area (TPSA) is 38.1 Å². The summed E-state index contributed by atoms with van der Waals surface area (Å²) >= 11 is 7.56. The first-order valence-corrected chi connectivity index (χ1v) is 12.5. The van der Waals surface area contributed by atoms with Gasteiger partial charge in [-0.3, -0.25) is 4.68 Å². The number of alkyl halides is 3. The summed E-state index contributed by atoms with van der Waals surface area (Å²) in [4.78, 5) is 0.859. The van der Waals surface area contributed by atoms with Crippen molar-refractivity contribution < 1.29 is 21.8 Å². The van der Waals surface area contributed by atoms with E-state index in [0.717, 1.165) is 21.2 Å². The molecule has 178 valence electrons. The predicted octanol–water partition coefficient (Wildman–Crippen LogP) is 6.81. The van der Waals surface area contributed by atoms with Gasteiger partial charge in [-0.2, -0.15) is 18.3 Å². The van der Waals surface area contributed by atoms with Crippen LogP contribution < -0.4 is 0 Å². The number of aromatic nitrogens is 2. The molecule has 0 radical (unpaired) electrons. The van der Waals surface area contributed by atoms with Crippen LogP contribution >= 0.6 is 22.9 Å². The summed E-state index contributed by atoms with van der Waals surface area (Å²) in [7, 11) is -1.51. The second kappa shape index (κ2) is 8.48. The van der Waals surface area contributed by atoms with Gasteiger partial charge in [0.2, 0.25) is 0 Å². The van der Waals surface area contributed by atoms with Gasteiger partial charge in [-0.1, -0.05) is 23.7 Å². The first-order valence-electron chi connectivity index (χ1n) is 10.2. The molecule has 2 atom stereocenters. The van der Waals surface area contributed by atoms with Crippen molar-refractivity contribution in [1.29, 1.82) is 0 Å². The number of thiophene rings is 1. The molecule has 0 fully saturated rings. The minimum Gasteiger partial charge on any atom is -0.272 e. The van der Waals surface area contributed by atoms with Gasteiger partial charge in [-0.05, 0) is 51.0 Å². The minimum absolute atomic E-state index is 0.194. The van der Waals surface area contributed by atoms with Crippen LogP contribution in [0.2, 0.25) is 4.34 Å². The molecular weight excluding hydrogens is 498 g/mol. The van der Waals surface area contributed by atoms with Crippen LogP contribution in [0.5, 0.6) is 0 Å². The van der Waals surface area contributed by atoms with Crippen molar-refractivity contribution in [3.8, 4) is 11.1 Å². The van der Waals surface area contributed by atoms with Crippen molar-refractivity contribution >= 4 is 33.9 Å². The summed E-state index contributed by atoms with van der Waals surface area (Å²) in [6.07, 6.45) is -3.55. The van der Waals surface area contributed by atoms with E-state index in [1.807, 2.05) is 20.8 Å². The van der Waals surface area contributed by atoms with E-state index in [1.165, 1.54) is 23.6 Å². The second-order valence-electron chi connectivity index (χ2n) is 8.72. The van der Waals surface area contributed by atoms with Crippen LogP contribution in [0.25, 0.3) is 11.1 Å². The fourth-order valence-electron chi connectivity index (χ4n) is 4.01. The van der Waals surface area contributed by atoms with Crippen molar-refractivity contribution in [3.63, 3.8) is 0 Å². The average molecular weight is 520 g/mol. The number of hydrogen-bond donors (Lipinski definition) is 0. The lowest BCUT2D eigenvalue weighted by atomic mass is 9.92. The minimum atomic E-state index is -4.77. The summed E-state index contributed by atoms with van der Waals surface area (Å²) in [6.45, 7) is 7.61. The molecule has 2 aromatic heterocycles. The Morgan fingerprint density at radius 2 is 1.94 bits per heavy atom. The van der Waals surface area contributed by atoms with Gasteiger partial charge < -0.3 is 0 Å². The van der Waals surface area contributed by atoms with Gasteiger partial charge in [0, 0.05) is 35.3 Å². The van der Waals surface area contributed by atoms with E-state index in [4.69, 9.17) is 11.6 Å².